The van der Waals surface area contributed by atoms with E-state index < -0.39 is 11.9 Å². The number of aliphatic carboxylic acids is 1. The molecule has 0 aromatic carbocycles. The molecule has 142 valence electrons. The molecule has 3 atom stereocenters. The molecule has 2 aliphatic rings. The normalized spacial score (nSPS) is 26.5. The zero-order valence-corrected chi connectivity index (χ0v) is 15.4. The zero-order chi connectivity index (χ0) is 18.7. The lowest BCUT2D eigenvalue weighted by molar-refractivity contribution is -0.143. The largest absolute Gasteiger partial charge is 0.481 e. The van der Waals surface area contributed by atoms with Crippen LogP contribution in [0.3, 0.4) is 0 Å². The minimum Gasteiger partial charge on any atom is -0.481 e. The average Bonchev–Trinajstić information content (AvgIpc) is 2.62. The smallest absolute Gasteiger partial charge is 0.317 e. The number of carboxylic acids is 1. The summed E-state index contributed by atoms with van der Waals surface area (Å²) in [4.78, 5) is 27.7. The molecule has 0 bridgehead atoms. The van der Waals surface area contributed by atoms with Gasteiger partial charge in [-0.05, 0) is 44.2 Å². The van der Waals surface area contributed by atoms with Crippen molar-refractivity contribution in [2.45, 2.75) is 39.2 Å². The van der Waals surface area contributed by atoms with E-state index in [1.165, 1.54) is 0 Å². The molecular formula is C18H27N5O3. The number of likely N-dealkylation sites (tertiary alicyclic amines) is 1. The Morgan fingerprint density at radius 2 is 2.04 bits per heavy atom. The number of carbonyl (C=O) groups excluding carboxylic acids is 1. The number of nitrogens with one attached hydrogen (secondary N) is 1. The van der Waals surface area contributed by atoms with Gasteiger partial charge >= 0.3 is 12.0 Å². The molecule has 8 heteroatoms. The van der Waals surface area contributed by atoms with Crippen molar-refractivity contribution in [2.24, 2.45) is 11.8 Å². The number of hydrogen-bond acceptors (Lipinski definition) is 5. The monoisotopic (exact) mass is 361 g/mol. The molecule has 2 saturated heterocycles. The Morgan fingerprint density at radius 1 is 1.23 bits per heavy atom. The lowest BCUT2D eigenvalue weighted by atomic mass is 9.91. The van der Waals surface area contributed by atoms with Crippen molar-refractivity contribution < 1.29 is 14.7 Å². The lowest BCUT2D eigenvalue weighted by Gasteiger charge is -2.38. The summed E-state index contributed by atoms with van der Waals surface area (Å²) in [5, 5.41) is 20.7. The lowest BCUT2D eigenvalue weighted by Crippen LogP contribution is -2.55. The Balaban J connectivity index is 1.58. The van der Waals surface area contributed by atoms with E-state index in [1.54, 1.807) is 4.90 Å². The van der Waals surface area contributed by atoms with Crippen LogP contribution in [0.25, 0.3) is 0 Å². The third kappa shape index (κ3) is 4.42. The van der Waals surface area contributed by atoms with E-state index in [0.29, 0.717) is 19.5 Å². The molecule has 0 saturated carbocycles. The van der Waals surface area contributed by atoms with E-state index in [2.05, 4.69) is 20.4 Å². The van der Waals surface area contributed by atoms with Crippen LogP contribution >= 0.6 is 0 Å². The van der Waals surface area contributed by atoms with Crippen LogP contribution in [0.4, 0.5) is 10.6 Å². The van der Waals surface area contributed by atoms with E-state index in [9.17, 15) is 14.7 Å². The second kappa shape index (κ2) is 7.88. The number of amides is 2. The van der Waals surface area contributed by atoms with Crippen molar-refractivity contribution in [1.29, 1.82) is 0 Å². The molecule has 3 heterocycles. The summed E-state index contributed by atoms with van der Waals surface area (Å²) >= 11 is 0. The van der Waals surface area contributed by atoms with Gasteiger partial charge in [0.15, 0.2) is 5.82 Å². The van der Waals surface area contributed by atoms with Crippen molar-refractivity contribution in [1.82, 2.24) is 20.4 Å². The highest BCUT2D eigenvalue weighted by atomic mass is 16.4. The Bertz CT molecular complexity index is 651. The molecule has 1 aromatic heterocycles. The van der Waals surface area contributed by atoms with E-state index in [4.69, 9.17) is 0 Å². The number of piperidine rings is 2. The molecule has 26 heavy (non-hydrogen) atoms. The molecule has 0 spiro atoms. The summed E-state index contributed by atoms with van der Waals surface area (Å²) in [6, 6.07) is 3.76. The van der Waals surface area contributed by atoms with Crippen LogP contribution < -0.4 is 10.2 Å². The maximum Gasteiger partial charge on any atom is 0.317 e. The van der Waals surface area contributed by atoms with Gasteiger partial charge < -0.3 is 20.2 Å². The van der Waals surface area contributed by atoms with Gasteiger partial charge in [0.1, 0.15) is 0 Å². The zero-order valence-electron chi connectivity index (χ0n) is 15.4. The second-order valence-corrected chi connectivity index (χ2v) is 7.55. The molecule has 3 unspecified atom stereocenters. The molecule has 2 fully saturated rings. The molecule has 3 rings (SSSR count). The van der Waals surface area contributed by atoms with Crippen molar-refractivity contribution in [2.75, 3.05) is 31.1 Å². The molecule has 1 aromatic rings. The fraction of sp³-hybridized carbons (Fsp3) is 0.667. The van der Waals surface area contributed by atoms with Crippen molar-refractivity contribution in [3.63, 3.8) is 0 Å². The maximum absolute atomic E-state index is 12.6. The quantitative estimate of drug-likeness (QED) is 0.847. The first-order valence-electron chi connectivity index (χ1n) is 9.26. The maximum atomic E-state index is 12.6. The van der Waals surface area contributed by atoms with Crippen LogP contribution in [0, 0.1) is 18.8 Å². The minimum atomic E-state index is -0.823. The number of carbonyl (C=O) groups is 2. The highest BCUT2D eigenvalue weighted by Crippen LogP contribution is 2.22. The van der Waals surface area contributed by atoms with Gasteiger partial charge in [-0.3, -0.25) is 4.79 Å². The number of aromatic nitrogens is 2. The summed E-state index contributed by atoms with van der Waals surface area (Å²) in [5.74, 6) is -0.278. The highest BCUT2D eigenvalue weighted by molar-refractivity contribution is 5.77. The van der Waals surface area contributed by atoms with Gasteiger partial charge in [-0.25, -0.2) is 4.79 Å². The predicted octanol–water partition coefficient (Wildman–Crippen LogP) is 1.51. The Morgan fingerprint density at radius 3 is 2.73 bits per heavy atom. The molecule has 0 aliphatic carbocycles. The van der Waals surface area contributed by atoms with Crippen LogP contribution in [0.15, 0.2) is 12.1 Å². The Kier molecular flexibility index (Phi) is 5.58. The fourth-order valence-corrected chi connectivity index (χ4v) is 3.83. The van der Waals surface area contributed by atoms with Crippen LogP contribution in [-0.4, -0.2) is 64.4 Å². The van der Waals surface area contributed by atoms with Gasteiger partial charge in [0.25, 0.3) is 0 Å². The molecular weight excluding hydrogens is 334 g/mol. The summed E-state index contributed by atoms with van der Waals surface area (Å²) in [5.41, 5.74) is 0.878. The molecule has 0 radical (unpaired) electrons. The van der Waals surface area contributed by atoms with Crippen molar-refractivity contribution >= 4 is 17.8 Å². The molecule has 2 aliphatic heterocycles. The van der Waals surface area contributed by atoms with E-state index >= 15 is 0 Å². The molecule has 2 N–H and O–H groups in total. The van der Waals surface area contributed by atoms with Gasteiger partial charge in [0.2, 0.25) is 0 Å². The Hall–Kier alpha value is -2.38. The van der Waals surface area contributed by atoms with Crippen molar-refractivity contribution in [3.8, 4) is 0 Å². The standard InChI is InChI=1S/C18H27N5O3/c1-12-8-14(17(24)25)10-23(9-12)18(26)19-15-4-3-7-22(11-15)16-6-5-13(2)20-21-16/h5-6,12,14-15H,3-4,7-11H2,1-2H3,(H,19,26)(H,24,25). The molecule has 8 nitrogen and oxygen atoms in total. The Labute approximate surface area is 153 Å². The summed E-state index contributed by atoms with van der Waals surface area (Å²) < 4.78 is 0. The SMILES string of the molecule is Cc1ccc(N2CCCC(NC(=O)N3CC(C)CC(C(=O)O)C3)C2)nn1. The van der Waals surface area contributed by atoms with E-state index in [0.717, 1.165) is 30.9 Å². The predicted molar refractivity (Wildman–Crippen MR) is 97.0 cm³/mol. The van der Waals surface area contributed by atoms with Crippen LogP contribution in [-0.2, 0) is 4.79 Å². The topological polar surface area (TPSA) is 98.7 Å². The number of aryl methyl sites for hydroxylation is 1. The highest BCUT2D eigenvalue weighted by Gasteiger charge is 2.33. The first-order chi connectivity index (χ1) is 12.4. The van der Waals surface area contributed by atoms with Gasteiger partial charge in [-0.2, -0.15) is 5.10 Å². The van der Waals surface area contributed by atoms with E-state index in [-0.39, 0.29) is 24.5 Å². The van der Waals surface area contributed by atoms with E-state index in [1.807, 2.05) is 26.0 Å². The third-order valence-electron chi connectivity index (χ3n) is 5.15. The van der Waals surface area contributed by atoms with Gasteiger partial charge in [-0.1, -0.05) is 6.92 Å². The van der Waals surface area contributed by atoms with Crippen LogP contribution in [0.2, 0.25) is 0 Å². The number of nitrogens with zero attached hydrogens (tertiary/aromatic N) is 4. The summed E-state index contributed by atoms with van der Waals surface area (Å²) in [6.45, 7) is 6.37. The third-order valence-corrected chi connectivity index (χ3v) is 5.15. The molecule has 2 amide bonds. The van der Waals surface area contributed by atoms with Gasteiger partial charge in [-0.15, -0.1) is 5.10 Å². The summed E-state index contributed by atoms with van der Waals surface area (Å²) in [7, 11) is 0. The van der Waals surface area contributed by atoms with Crippen LogP contribution in [0.5, 0.6) is 0 Å². The number of urea groups is 1. The number of anilines is 1. The average molecular weight is 361 g/mol. The minimum absolute atomic E-state index is 0.0277. The first-order valence-corrected chi connectivity index (χ1v) is 9.26. The first kappa shape index (κ1) is 18.4. The summed E-state index contributed by atoms with van der Waals surface area (Å²) in [6.07, 6.45) is 2.50. The number of hydrogen-bond donors (Lipinski definition) is 2. The van der Waals surface area contributed by atoms with Crippen LogP contribution in [0.1, 0.15) is 31.9 Å². The fourth-order valence-electron chi connectivity index (χ4n) is 3.83. The second-order valence-electron chi connectivity index (χ2n) is 7.55. The van der Waals surface area contributed by atoms with Gasteiger partial charge in [0.05, 0.1) is 11.6 Å². The van der Waals surface area contributed by atoms with Gasteiger partial charge in [0, 0.05) is 32.2 Å². The number of rotatable bonds is 3. The number of carboxylic acid groups (broad SMARTS) is 1. The van der Waals surface area contributed by atoms with Crippen molar-refractivity contribution in [3.05, 3.63) is 17.8 Å².